The first-order valence-corrected chi connectivity index (χ1v) is 10.6. The molecule has 1 amide bonds. The predicted molar refractivity (Wildman–Crippen MR) is 111 cm³/mol. The van der Waals surface area contributed by atoms with Gasteiger partial charge in [-0.05, 0) is 61.3 Å². The van der Waals surface area contributed by atoms with Crippen molar-refractivity contribution < 1.29 is 13.6 Å². The molecule has 2 saturated carbocycles. The standard InChI is InChI=1S/C24H22F2N4O/c1-2-20(29-24(31)14-5-3-13(11-27)4-6-14)23-16-7-15(8-17(16)23)30-12-28-21-9-18(25)19(26)10-22(21)30/h3-6,9-10,12,15-17,20,23H,2,7-8H2,1H3,(H,29,31)/t15?,16-,17+,20-,23?/m1/s1. The van der Waals surface area contributed by atoms with Crippen LogP contribution in [0.2, 0.25) is 0 Å². The summed E-state index contributed by atoms with van der Waals surface area (Å²) >= 11 is 0. The Labute approximate surface area is 178 Å². The number of nitrogens with one attached hydrogen (secondary N) is 1. The normalized spacial score (nSPS) is 25.1. The van der Waals surface area contributed by atoms with E-state index >= 15 is 0 Å². The van der Waals surface area contributed by atoms with Crippen LogP contribution >= 0.6 is 0 Å². The number of fused-ring (bicyclic) bond motifs is 2. The van der Waals surface area contributed by atoms with Gasteiger partial charge in [-0.1, -0.05) is 6.92 Å². The molecule has 0 saturated heterocycles. The van der Waals surface area contributed by atoms with Crippen molar-refractivity contribution in [1.29, 1.82) is 5.26 Å². The first-order valence-electron chi connectivity index (χ1n) is 10.6. The smallest absolute Gasteiger partial charge is 0.251 e. The minimum absolute atomic E-state index is 0.102. The van der Waals surface area contributed by atoms with Crippen molar-refractivity contribution in [1.82, 2.24) is 14.9 Å². The van der Waals surface area contributed by atoms with Crippen molar-refractivity contribution in [2.24, 2.45) is 17.8 Å². The molecule has 2 aliphatic carbocycles. The average Bonchev–Trinajstić information content (AvgIpc) is 3.10. The summed E-state index contributed by atoms with van der Waals surface area (Å²) in [6.07, 6.45) is 4.42. The van der Waals surface area contributed by atoms with E-state index in [1.165, 1.54) is 6.07 Å². The van der Waals surface area contributed by atoms with Gasteiger partial charge in [-0.25, -0.2) is 13.8 Å². The van der Waals surface area contributed by atoms with E-state index in [0.29, 0.717) is 39.9 Å². The van der Waals surface area contributed by atoms with Gasteiger partial charge in [-0.3, -0.25) is 4.79 Å². The van der Waals surface area contributed by atoms with Gasteiger partial charge >= 0.3 is 0 Å². The highest BCUT2D eigenvalue weighted by Crippen LogP contribution is 2.62. The molecule has 5 atom stereocenters. The first kappa shape index (κ1) is 19.7. The lowest BCUT2D eigenvalue weighted by molar-refractivity contribution is 0.0927. The van der Waals surface area contributed by atoms with Gasteiger partial charge in [0.15, 0.2) is 11.6 Å². The molecule has 1 aromatic heterocycles. The second kappa shape index (κ2) is 7.45. The number of aromatic nitrogens is 2. The molecule has 158 valence electrons. The van der Waals surface area contributed by atoms with Gasteiger partial charge in [0.1, 0.15) is 0 Å². The molecule has 5 rings (SSSR count). The van der Waals surface area contributed by atoms with E-state index in [1.807, 2.05) is 4.57 Å². The highest BCUT2D eigenvalue weighted by atomic mass is 19.2. The molecule has 3 aromatic rings. The molecule has 1 heterocycles. The number of rotatable bonds is 5. The van der Waals surface area contributed by atoms with Crippen molar-refractivity contribution in [3.63, 3.8) is 0 Å². The van der Waals surface area contributed by atoms with Crippen LogP contribution in [0.5, 0.6) is 0 Å². The second-order valence-corrected chi connectivity index (χ2v) is 8.61. The summed E-state index contributed by atoms with van der Waals surface area (Å²) < 4.78 is 29.2. The Balaban J connectivity index is 1.25. The molecule has 2 unspecified atom stereocenters. The molecule has 0 radical (unpaired) electrons. The number of amides is 1. The van der Waals surface area contributed by atoms with Crippen LogP contribution in [-0.2, 0) is 0 Å². The highest BCUT2D eigenvalue weighted by molar-refractivity contribution is 5.94. The molecular formula is C24H22F2N4O. The van der Waals surface area contributed by atoms with Gasteiger partial charge in [0, 0.05) is 29.8 Å². The fraction of sp³-hybridized carbons (Fsp3) is 0.375. The lowest BCUT2D eigenvalue weighted by Gasteiger charge is -2.22. The predicted octanol–water partition coefficient (Wildman–Crippen LogP) is 4.59. The monoisotopic (exact) mass is 420 g/mol. The lowest BCUT2D eigenvalue weighted by atomic mass is 9.98. The molecule has 31 heavy (non-hydrogen) atoms. The van der Waals surface area contributed by atoms with Gasteiger partial charge in [-0.15, -0.1) is 0 Å². The number of imidazole rings is 1. The van der Waals surface area contributed by atoms with E-state index in [1.54, 1.807) is 30.6 Å². The van der Waals surface area contributed by atoms with Crippen LogP contribution in [0.15, 0.2) is 42.7 Å². The number of halogens is 2. The zero-order chi connectivity index (χ0) is 21.7. The summed E-state index contributed by atoms with van der Waals surface area (Å²) in [7, 11) is 0. The molecule has 1 N–H and O–H groups in total. The summed E-state index contributed by atoms with van der Waals surface area (Å²) in [5.41, 5.74) is 2.18. The van der Waals surface area contributed by atoms with E-state index in [2.05, 4.69) is 23.3 Å². The minimum Gasteiger partial charge on any atom is -0.349 e. The minimum atomic E-state index is -0.879. The average molecular weight is 420 g/mol. The Hall–Kier alpha value is -3.27. The third-order valence-electron chi connectivity index (χ3n) is 6.99. The van der Waals surface area contributed by atoms with Crippen molar-refractivity contribution >= 4 is 16.9 Å². The molecule has 7 heteroatoms. The highest BCUT2D eigenvalue weighted by Gasteiger charge is 2.59. The van der Waals surface area contributed by atoms with Gasteiger partial charge in [0.05, 0.1) is 29.0 Å². The third-order valence-corrected chi connectivity index (χ3v) is 6.99. The molecule has 0 aliphatic heterocycles. The Morgan fingerprint density at radius 2 is 1.90 bits per heavy atom. The van der Waals surface area contributed by atoms with Crippen LogP contribution in [0.4, 0.5) is 8.78 Å². The van der Waals surface area contributed by atoms with Crippen LogP contribution in [-0.4, -0.2) is 21.5 Å². The first-order chi connectivity index (χ1) is 15.0. The van der Waals surface area contributed by atoms with Crippen LogP contribution in [0.3, 0.4) is 0 Å². The topological polar surface area (TPSA) is 70.7 Å². The van der Waals surface area contributed by atoms with E-state index < -0.39 is 11.6 Å². The Bertz CT molecular complexity index is 1180. The van der Waals surface area contributed by atoms with Gasteiger partial charge in [0.2, 0.25) is 0 Å². The lowest BCUT2D eigenvalue weighted by Crippen LogP contribution is -2.37. The molecule has 2 aromatic carbocycles. The van der Waals surface area contributed by atoms with Crippen molar-refractivity contribution in [3.8, 4) is 6.07 Å². The Morgan fingerprint density at radius 3 is 2.55 bits per heavy atom. The summed E-state index contributed by atoms with van der Waals surface area (Å²) in [6.45, 7) is 2.08. The molecule has 0 spiro atoms. The maximum absolute atomic E-state index is 13.7. The van der Waals surface area contributed by atoms with E-state index in [0.717, 1.165) is 25.3 Å². The number of hydrogen-bond donors (Lipinski definition) is 1. The van der Waals surface area contributed by atoms with Gasteiger partial charge < -0.3 is 9.88 Å². The molecule has 2 fully saturated rings. The zero-order valence-electron chi connectivity index (χ0n) is 17.1. The molecular weight excluding hydrogens is 398 g/mol. The van der Waals surface area contributed by atoms with Crippen LogP contribution in [0.25, 0.3) is 11.0 Å². The number of carbonyl (C=O) groups excluding carboxylic acids is 1. The van der Waals surface area contributed by atoms with Crippen LogP contribution in [0.1, 0.15) is 48.1 Å². The number of carbonyl (C=O) groups is 1. The maximum Gasteiger partial charge on any atom is 0.251 e. The van der Waals surface area contributed by atoms with Gasteiger partial charge in [-0.2, -0.15) is 5.26 Å². The largest absolute Gasteiger partial charge is 0.349 e. The van der Waals surface area contributed by atoms with E-state index in [4.69, 9.17) is 5.26 Å². The maximum atomic E-state index is 13.7. The zero-order valence-corrected chi connectivity index (χ0v) is 17.1. The Morgan fingerprint density at radius 1 is 1.23 bits per heavy atom. The quantitative estimate of drug-likeness (QED) is 0.656. The van der Waals surface area contributed by atoms with Crippen molar-refractivity contribution in [3.05, 3.63) is 65.5 Å². The summed E-state index contributed by atoms with van der Waals surface area (Å²) in [4.78, 5) is 16.9. The van der Waals surface area contributed by atoms with Crippen molar-refractivity contribution in [2.75, 3.05) is 0 Å². The molecule has 5 nitrogen and oxygen atoms in total. The Kier molecular flexibility index (Phi) is 4.73. The number of nitrogens with zero attached hydrogens (tertiary/aromatic N) is 3. The summed E-state index contributed by atoms with van der Waals surface area (Å²) in [6, 6.07) is 11.4. The molecule has 0 bridgehead atoms. The van der Waals surface area contributed by atoms with Gasteiger partial charge in [0.25, 0.3) is 5.91 Å². The summed E-state index contributed by atoms with van der Waals surface area (Å²) in [5, 5.41) is 12.1. The van der Waals surface area contributed by atoms with Crippen molar-refractivity contribution in [2.45, 2.75) is 38.3 Å². The second-order valence-electron chi connectivity index (χ2n) is 8.61. The third kappa shape index (κ3) is 3.36. The fourth-order valence-electron chi connectivity index (χ4n) is 5.42. The van der Waals surface area contributed by atoms with Crippen LogP contribution in [0, 0.1) is 40.7 Å². The van der Waals surface area contributed by atoms with Crippen LogP contribution < -0.4 is 5.32 Å². The van der Waals surface area contributed by atoms with E-state index in [9.17, 15) is 13.6 Å². The van der Waals surface area contributed by atoms with E-state index in [-0.39, 0.29) is 18.0 Å². The SMILES string of the molecule is CC[C@@H](NC(=O)c1ccc(C#N)cc1)C1[C@H]2CC(n3cnc4cc(F)c(F)cc43)C[C@@H]12. The fourth-order valence-corrected chi connectivity index (χ4v) is 5.42. The number of nitriles is 1. The number of benzene rings is 2. The molecule has 2 aliphatic rings. The summed E-state index contributed by atoms with van der Waals surface area (Å²) in [5.74, 6) is -0.385. The number of hydrogen-bond acceptors (Lipinski definition) is 3.